The van der Waals surface area contributed by atoms with E-state index in [4.69, 9.17) is 17.3 Å². The Morgan fingerprint density at radius 2 is 2.05 bits per heavy atom. The van der Waals surface area contributed by atoms with Gasteiger partial charge in [0.25, 0.3) is 0 Å². The van der Waals surface area contributed by atoms with Crippen LogP contribution in [0.3, 0.4) is 0 Å². The summed E-state index contributed by atoms with van der Waals surface area (Å²) in [4.78, 5) is 15.4. The van der Waals surface area contributed by atoms with Crippen molar-refractivity contribution in [3.63, 3.8) is 0 Å². The van der Waals surface area contributed by atoms with Crippen molar-refractivity contribution in [2.45, 2.75) is 0 Å². The van der Waals surface area contributed by atoms with Gasteiger partial charge < -0.3 is 10.7 Å². The Morgan fingerprint density at radius 1 is 1.25 bits per heavy atom. The Balaban J connectivity index is 2.18. The van der Waals surface area contributed by atoms with Crippen molar-refractivity contribution in [1.82, 2.24) is 4.98 Å². The highest BCUT2D eigenvalue weighted by molar-refractivity contribution is 6.36. The average molecular weight is 289 g/mol. The van der Waals surface area contributed by atoms with Crippen LogP contribution < -0.4 is 5.73 Å². The second kappa shape index (κ2) is 4.65. The van der Waals surface area contributed by atoms with Gasteiger partial charge in [-0.05, 0) is 30.3 Å². The van der Waals surface area contributed by atoms with E-state index >= 15 is 0 Å². The van der Waals surface area contributed by atoms with Crippen molar-refractivity contribution in [2.75, 3.05) is 5.73 Å². The minimum absolute atomic E-state index is 0.263. The highest BCUT2D eigenvalue weighted by atomic mass is 35.5. The molecule has 0 atom stereocenters. The smallest absolute Gasteiger partial charge is 0.198 e. The quantitative estimate of drug-likeness (QED) is 0.557. The largest absolute Gasteiger partial charge is 0.398 e. The van der Waals surface area contributed by atoms with E-state index in [2.05, 4.69) is 4.98 Å². The lowest BCUT2D eigenvalue weighted by Crippen LogP contribution is -2.05. The molecule has 1 aromatic heterocycles. The van der Waals surface area contributed by atoms with Gasteiger partial charge in [0.05, 0.1) is 10.6 Å². The molecule has 0 aliphatic rings. The van der Waals surface area contributed by atoms with Crippen LogP contribution in [-0.2, 0) is 0 Å². The van der Waals surface area contributed by atoms with Gasteiger partial charge in [-0.15, -0.1) is 0 Å². The molecular formula is C15H10ClFN2O. The lowest BCUT2D eigenvalue weighted by atomic mass is 10.0. The zero-order chi connectivity index (χ0) is 14.3. The molecule has 0 amide bonds. The molecule has 3 rings (SSSR count). The highest BCUT2D eigenvalue weighted by Gasteiger charge is 2.19. The van der Waals surface area contributed by atoms with Gasteiger partial charge in [-0.1, -0.05) is 17.7 Å². The predicted octanol–water partition coefficient (Wildman–Crippen LogP) is 3.77. The Bertz CT molecular complexity index is 806. The number of carbonyl (C=O) groups excluding carboxylic acids is 1. The van der Waals surface area contributed by atoms with Crippen LogP contribution in [0.2, 0.25) is 5.02 Å². The summed E-state index contributed by atoms with van der Waals surface area (Å²) in [5, 5.41) is 0.933. The fraction of sp³-hybridized carbons (Fsp3) is 0. The van der Waals surface area contributed by atoms with Gasteiger partial charge >= 0.3 is 0 Å². The maximum Gasteiger partial charge on any atom is 0.198 e. The molecule has 0 bridgehead atoms. The van der Waals surface area contributed by atoms with Crippen molar-refractivity contribution in [3.8, 4) is 0 Å². The van der Waals surface area contributed by atoms with E-state index in [9.17, 15) is 9.18 Å². The number of fused-ring (bicyclic) bond motifs is 1. The highest BCUT2D eigenvalue weighted by Crippen LogP contribution is 2.28. The first-order valence-corrected chi connectivity index (χ1v) is 6.31. The minimum atomic E-state index is -0.365. The number of nitrogens with two attached hydrogens (primary N) is 1. The number of anilines is 1. The van der Waals surface area contributed by atoms with Gasteiger partial charge in [0.15, 0.2) is 5.78 Å². The van der Waals surface area contributed by atoms with E-state index in [0.29, 0.717) is 27.2 Å². The molecule has 20 heavy (non-hydrogen) atoms. The predicted molar refractivity (Wildman–Crippen MR) is 77.6 cm³/mol. The monoisotopic (exact) mass is 288 g/mol. The first-order valence-electron chi connectivity index (χ1n) is 5.93. The van der Waals surface area contributed by atoms with Crippen molar-refractivity contribution >= 4 is 34.0 Å². The summed E-state index contributed by atoms with van der Waals surface area (Å²) in [6, 6.07) is 9.11. The van der Waals surface area contributed by atoms with Gasteiger partial charge in [-0.2, -0.15) is 0 Å². The summed E-state index contributed by atoms with van der Waals surface area (Å²) in [6.45, 7) is 0. The lowest BCUT2D eigenvalue weighted by Gasteiger charge is -2.06. The van der Waals surface area contributed by atoms with Crippen molar-refractivity contribution in [2.24, 2.45) is 0 Å². The van der Waals surface area contributed by atoms with Gasteiger partial charge in [-0.25, -0.2) is 4.39 Å². The number of hydrogen-bond acceptors (Lipinski definition) is 2. The molecule has 3 aromatic rings. The van der Waals surface area contributed by atoms with Crippen LogP contribution in [0.4, 0.5) is 10.1 Å². The minimum Gasteiger partial charge on any atom is -0.398 e. The topological polar surface area (TPSA) is 58.9 Å². The van der Waals surface area contributed by atoms with Gasteiger partial charge in [-0.3, -0.25) is 4.79 Å². The molecule has 100 valence electrons. The Labute approximate surface area is 119 Å². The second-order valence-corrected chi connectivity index (χ2v) is 4.83. The molecule has 0 unspecified atom stereocenters. The number of aromatic amines is 1. The van der Waals surface area contributed by atoms with Crippen LogP contribution in [-0.4, -0.2) is 10.8 Å². The van der Waals surface area contributed by atoms with E-state index < -0.39 is 0 Å². The summed E-state index contributed by atoms with van der Waals surface area (Å²) in [5.41, 5.74) is 7.37. The summed E-state index contributed by atoms with van der Waals surface area (Å²) in [5.74, 6) is -0.651. The molecular weight excluding hydrogens is 279 g/mol. The summed E-state index contributed by atoms with van der Waals surface area (Å²) in [7, 11) is 0. The van der Waals surface area contributed by atoms with Crippen LogP contribution in [0, 0.1) is 5.82 Å². The second-order valence-electron chi connectivity index (χ2n) is 4.43. The number of H-pyrrole nitrogens is 1. The van der Waals surface area contributed by atoms with Crippen LogP contribution in [0.5, 0.6) is 0 Å². The van der Waals surface area contributed by atoms with Crippen LogP contribution in [0.1, 0.15) is 15.9 Å². The number of ketones is 1. The molecule has 3 N–H and O–H groups in total. The van der Waals surface area contributed by atoms with E-state index in [1.54, 1.807) is 24.3 Å². The maximum atomic E-state index is 13.2. The lowest BCUT2D eigenvalue weighted by molar-refractivity contribution is 0.104. The molecule has 0 radical (unpaired) electrons. The summed E-state index contributed by atoms with van der Waals surface area (Å²) < 4.78 is 13.2. The van der Waals surface area contributed by atoms with Crippen molar-refractivity contribution in [1.29, 1.82) is 0 Å². The number of hydrogen-bond donors (Lipinski definition) is 2. The van der Waals surface area contributed by atoms with Gasteiger partial charge in [0.1, 0.15) is 5.82 Å². The van der Waals surface area contributed by atoms with Gasteiger partial charge in [0.2, 0.25) is 0 Å². The number of halogens is 2. The average Bonchev–Trinajstić information content (AvgIpc) is 2.81. The molecule has 0 fully saturated rings. The Kier molecular flexibility index (Phi) is 2.95. The van der Waals surface area contributed by atoms with Gasteiger partial charge in [0, 0.05) is 28.4 Å². The first kappa shape index (κ1) is 12.7. The number of aromatic nitrogens is 1. The van der Waals surface area contributed by atoms with E-state index in [1.165, 1.54) is 18.3 Å². The molecule has 0 aliphatic carbocycles. The number of nitrogens with one attached hydrogen (secondary N) is 1. The third kappa shape index (κ3) is 1.94. The number of carbonyl (C=O) groups is 1. The zero-order valence-electron chi connectivity index (χ0n) is 10.3. The van der Waals surface area contributed by atoms with E-state index in [1.807, 2.05) is 0 Å². The molecule has 2 aromatic carbocycles. The van der Waals surface area contributed by atoms with Crippen LogP contribution >= 0.6 is 11.6 Å². The number of benzene rings is 2. The van der Waals surface area contributed by atoms with Crippen LogP contribution in [0.25, 0.3) is 10.9 Å². The number of rotatable bonds is 2. The fourth-order valence-electron chi connectivity index (χ4n) is 2.20. The maximum absolute atomic E-state index is 13.2. The molecule has 0 saturated carbocycles. The fourth-order valence-corrected chi connectivity index (χ4v) is 2.47. The number of nitrogen functional groups attached to an aromatic ring is 1. The molecule has 0 aliphatic heterocycles. The van der Waals surface area contributed by atoms with E-state index in [-0.39, 0.29) is 17.2 Å². The summed E-state index contributed by atoms with van der Waals surface area (Å²) in [6.07, 6.45) is 1.54. The molecule has 5 heteroatoms. The Hall–Kier alpha value is -2.33. The zero-order valence-corrected chi connectivity index (χ0v) is 11.0. The Morgan fingerprint density at radius 3 is 2.80 bits per heavy atom. The molecule has 0 spiro atoms. The van der Waals surface area contributed by atoms with Crippen molar-refractivity contribution in [3.05, 3.63) is 64.6 Å². The molecule has 1 heterocycles. The summed E-state index contributed by atoms with van der Waals surface area (Å²) >= 11 is 6.05. The van der Waals surface area contributed by atoms with Crippen LogP contribution in [0.15, 0.2) is 42.6 Å². The third-order valence-corrected chi connectivity index (χ3v) is 3.48. The molecule has 0 saturated heterocycles. The standard InChI is InChI=1S/C15H10ClFN2O/c16-11-2-1-3-12(18)14(11)15(20)10-7-19-13-6-8(17)4-5-9(10)13/h1-7,19H,18H2. The SMILES string of the molecule is Nc1cccc(Cl)c1C(=O)c1c[nH]c2cc(F)ccc12. The normalized spacial score (nSPS) is 10.9. The first-order chi connectivity index (χ1) is 9.58. The molecule has 3 nitrogen and oxygen atoms in total. The van der Waals surface area contributed by atoms with E-state index in [0.717, 1.165) is 0 Å². The van der Waals surface area contributed by atoms with Crippen molar-refractivity contribution < 1.29 is 9.18 Å². The third-order valence-electron chi connectivity index (χ3n) is 3.16.